The molecule has 1 aromatic rings. The fraction of sp³-hybridized carbons (Fsp3) is 0.385. The molecule has 0 aromatic heterocycles. The van der Waals surface area contributed by atoms with Gasteiger partial charge in [0.15, 0.2) is 6.04 Å². The fourth-order valence-corrected chi connectivity index (χ4v) is 1.96. The number of thioether (sulfide) groups is 1. The van der Waals surface area contributed by atoms with E-state index < -0.39 is 12.0 Å². The molecular formula is C13H16BrNO3S. The third-order valence-corrected chi connectivity index (χ3v) is 4.10. The normalized spacial score (nSPS) is 13.5. The van der Waals surface area contributed by atoms with Crippen molar-refractivity contribution in [1.82, 2.24) is 5.32 Å². The van der Waals surface area contributed by atoms with E-state index in [1.54, 1.807) is 19.1 Å². The van der Waals surface area contributed by atoms with Crippen molar-refractivity contribution in [3.05, 3.63) is 34.3 Å². The largest absolute Gasteiger partial charge is 0.467 e. The van der Waals surface area contributed by atoms with Gasteiger partial charge in [0, 0.05) is 4.47 Å². The van der Waals surface area contributed by atoms with E-state index in [1.165, 1.54) is 18.9 Å². The van der Waals surface area contributed by atoms with Crippen molar-refractivity contribution in [3.63, 3.8) is 0 Å². The van der Waals surface area contributed by atoms with Crippen LogP contribution in [-0.2, 0) is 14.3 Å². The zero-order chi connectivity index (χ0) is 14.4. The SMILES string of the molecule is COC(=O)[C@@H](NC(=O)[C@H](C)SC)c1ccc(Br)cc1. The summed E-state index contributed by atoms with van der Waals surface area (Å²) < 4.78 is 5.65. The van der Waals surface area contributed by atoms with Gasteiger partial charge in [-0.25, -0.2) is 4.79 Å². The van der Waals surface area contributed by atoms with E-state index in [0.29, 0.717) is 5.56 Å². The number of benzene rings is 1. The summed E-state index contributed by atoms with van der Waals surface area (Å²) in [4.78, 5) is 23.7. The van der Waals surface area contributed by atoms with E-state index >= 15 is 0 Å². The van der Waals surface area contributed by atoms with E-state index in [2.05, 4.69) is 21.2 Å². The Morgan fingerprint density at radius 2 is 1.89 bits per heavy atom. The molecule has 0 fully saturated rings. The first-order valence-corrected chi connectivity index (χ1v) is 7.74. The number of rotatable bonds is 5. The summed E-state index contributed by atoms with van der Waals surface area (Å²) in [7, 11) is 1.30. The average molecular weight is 346 g/mol. The second-order valence-corrected chi connectivity index (χ2v) is 5.99. The van der Waals surface area contributed by atoms with E-state index in [9.17, 15) is 9.59 Å². The lowest BCUT2D eigenvalue weighted by atomic mass is 10.1. The van der Waals surface area contributed by atoms with Crippen LogP contribution in [0.3, 0.4) is 0 Å². The minimum absolute atomic E-state index is 0.189. The lowest BCUT2D eigenvalue weighted by Gasteiger charge is -2.18. The molecule has 0 unspecified atom stereocenters. The standard InChI is InChI=1S/C13H16BrNO3S/c1-8(19-3)12(16)15-11(13(17)18-2)9-4-6-10(14)7-5-9/h4-8,11H,1-3H3,(H,15,16)/t8-,11-/m0/s1. The van der Waals surface area contributed by atoms with E-state index in [1.807, 2.05) is 18.4 Å². The monoisotopic (exact) mass is 345 g/mol. The Bertz CT molecular complexity index is 450. The number of carbonyl (C=O) groups excluding carboxylic acids is 2. The van der Waals surface area contributed by atoms with Crippen LogP contribution in [0.1, 0.15) is 18.5 Å². The number of nitrogens with one attached hydrogen (secondary N) is 1. The van der Waals surface area contributed by atoms with Crippen LogP contribution in [0.4, 0.5) is 0 Å². The maximum absolute atomic E-state index is 11.9. The number of hydrogen-bond acceptors (Lipinski definition) is 4. The molecule has 1 amide bonds. The van der Waals surface area contributed by atoms with Gasteiger partial charge in [-0.3, -0.25) is 4.79 Å². The van der Waals surface area contributed by atoms with E-state index in [0.717, 1.165) is 4.47 Å². The molecule has 1 aromatic carbocycles. The molecule has 2 atom stereocenters. The molecular weight excluding hydrogens is 330 g/mol. The van der Waals surface area contributed by atoms with Crippen molar-refractivity contribution in [2.75, 3.05) is 13.4 Å². The highest BCUT2D eigenvalue weighted by Gasteiger charge is 2.25. The molecule has 1 N–H and O–H groups in total. The Morgan fingerprint density at radius 3 is 2.37 bits per heavy atom. The molecule has 1 rings (SSSR count). The van der Waals surface area contributed by atoms with Crippen molar-refractivity contribution >= 4 is 39.6 Å². The third kappa shape index (κ3) is 4.54. The third-order valence-electron chi connectivity index (χ3n) is 2.65. The highest BCUT2D eigenvalue weighted by atomic mass is 79.9. The second-order valence-electron chi connectivity index (χ2n) is 3.89. The van der Waals surface area contributed by atoms with Gasteiger partial charge < -0.3 is 10.1 Å². The molecule has 4 nitrogen and oxygen atoms in total. The van der Waals surface area contributed by atoms with Gasteiger partial charge in [-0.2, -0.15) is 11.8 Å². The van der Waals surface area contributed by atoms with Crippen LogP contribution >= 0.6 is 27.7 Å². The van der Waals surface area contributed by atoms with Crippen molar-refractivity contribution in [3.8, 4) is 0 Å². The number of esters is 1. The molecule has 0 radical (unpaired) electrons. The Balaban J connectivity index is 2.92. The number of ether oxygens (including phenoxy) is 1. The lowest BCUT2D eigenvalue weighted by Crippen LogP contribution is -2.38. The predicted molar refractivity (Wildman–Crippen MR) is 80.0 cm³/mol. The quantitative estimate of drug-likeness (QED) is 0.833. The van der Waals surface area contributed by atoms with Crippen molar-refractivity contribution in [1.29, 1.82) is 0 Å². The van der Waals surface area contributed by atoms with Crippen LogP contribution in [-0.4, -0.2) is 30.5 Å². The van der Waals surface area contributed by atoms with Gasteiger partial charge in [-0.15, -0.1) is 0 Å². The lowest BCUT2D eigenvalue weighted by molar-refractivity contribution is -0.145. The van der Waals surface area contributed by atoms with Gasteiger partial charge in [-0.05, 0) is 30.9 Å². The van der Waals surface area contributed by atoms with Gasteiger partial charge in [0.1, 0.15) is 0 Å². The molecule has 0 aliphatic heterocycles. The topological polar surface area (TPSA) is 55.4 Å². The summed E-state index contributed by atoms with van der Waals surface area (Å²) in [5, 5.41) is 2.48. The van der Waals surface area contributed by atoms with E-state index in [-0.39, 0.29) is 11.2 Å². The minimum Gasteiger partial charge on any atom is -0.467 e. The van der Waals surface area contributed by atoms with Crippen LogP contribution in [0.25, 0.3) is 0 Å². The number of halogens is 1. The number of amides is 1. The summed E-state index contributed by atoms with van der Waals surface area (Å²) in [6.07, 6.45) is 1.84. The second kappa shape index (κ2) is 7.55. The molecule has 0 aliphatic rings. The smallest absolute Gasteiger partial charge is 0.333 e. The fourth-order valence-electron chi connectivity index (χ4n) is 1.42. The molecule has 6 heteroatoms. The average Bonchev–Trinajstić information content (AvgIpc) is 2.43. The molecule has 0 saturated carbocycles. The Labute approximate surface area is 125 Å². The summed E-state index contributed by atoms with van der Waals surface area (Å²) in [5.74, 6) is -0.671. The zero-order valence-corrected chi connectivity index (χ0v) is 13.4. The summed E-state index contributed by atoms with van der Waals surface area (Å²) in [6, 6.07) is 6.40. The Hall–Kier alpha value is -1.01. The van der Waals surface area contributed by atoms with Gasteiger partial charge in [0.05, 0.1) is 12.4 Å². The Morgan fingerprint density at radius 1 is 1.32 bits per heavy atom. The van der Waals surface area contributed by atoms with Gasteiger partial charge in [-0.1, -0.05) is 28.1 Å². The predicted octanol–water partition coefficient (Wildman–Crippen LogP) is 2.53. The first-order chi connectivity index (χ1) is 8.99. The molecule has 19 heavy (non-hydrogen) atoms. The highest BCUT2D eigenvalue weighted by Crippen LogP contribution is 2.19. The number of hydrogen-bond donors (Lipinski definition) is 1. The van der Waals surface area contributed by atoms with E-state index in [4.69, 9.17) is 4.74 Å². The number of methoxy groups -OCH3 is 1. The van der Waals surface area contributed by atoms with Crippen LogP contribution in [0.2, 0.25) is 0 Å². The Kier molecular flexibility index (Phi) is 6.37. The van der Waals surface area contributed by atoms with Crippen molar-refractivity contribution in [2.45, 2.75) is 18.2 Å². The molecule has 0 heterocycles. The molecule has 0 spiro atoms. The minimum atomic E-state index is -0.778. The maximum atomic E-state index is 11.9. The molecule has 0 saturated heterocycles. The molecule has 0 bridgehead atoms. The molecule has 0 aliphatic carbocycles. The van der Waals surface area contributed by atoms with Gasteiger partial charge in [0.2, 0.25) is 5.91 Å². The van der Waals surface area contributed by atoms with Crippen molar-refractivity contribution < 1.29 is 14.3 Å². The zero-order valence-electron chi connectivity index (χ0n) is 11.0. The van der Waals surface area contributed by atoms with Gasteiger partial charge in [0.25, 0.3) is 0 Å². The van der Waals surface area contributed by atoms with Crippen LogP contribution < -0.4 is 5.32 Å². The number of carbonyl (C=O) groups is 2. The summed E-state index contributed by atoms with van der Waals surface area (Å²) >= 11 is 4.75. The first kappa shape index (κ1) is 16.0. The molecule has 104 valence electrons. The summed E-state index contributed by atoms with van der Waals surface area (Å²) in [6.45, 7) is 1.79. The highest BCUT2D eigenvalue weighted by molar-refractivity contribution is 9.10. The van der Waals surface area contributed by atoms with Gasteiger partial charge >= 0.3 is 5.97 Å². The van der Waals surface area contributed by atoms with Crippen LogP contribution in [0, 0.1) is 0 Å². The maximum Gasteiger partial charge on any atom is 0.333 e. The first-order valence-electron chi connectivity index (χ1n) is 5.66. The summed E-state index contributed by atoms with van der Waals surface area (Å²) in [5.41, 5.74) is 0.691. The van der Waals surface area contributed by atoms with Crippen LogP contribution in [0.15, 0.2) is 28.7 Å². The van der Waals surface area contributed by atoms with Crippen LogP contribution in [0.5, 0.6) is 0 Å². The van der Waals surface area contributed by atoms with Crippen molar-refractivity contribution in [2.24, 2.45) is 0 Å².